The Labute approximate surface area is 119 Å². The van der Waals surface area contributed by atoms with Gasteiger partial charge in [0.25, 0.3) is 0 Å². The molecule has 114 valence electrons. The van der Waals surface area contributed by atoms with Crippen LogP contribution < -0.4 is 5.32 Å². The van der Waals surface area contributed by atoms with Gasteiger partial charge in [-0.2, -0.15) is 18.3 Å². The van der Waals surface area contributed by atoms with Gasteiger partial charge in [0.15, 0.2) is 0 Å². The van der Waals surface area contributed by atoms with Crippen molar-refractivity contribution in [2.24, 2.45) is 0 Å². The monoisotopic (exact) mass is 304 g/mol. The van der Waals surface area contributed by atoms with Gasteiger partial charge < -0.3 is 0 Å². The first-order chi connectivity index (χ1) is 9.30. The maximum absolute atomic E-state index is 12.5. The summed E-state index contributed by atoms with van der Waals surface area (Å²) in [4.78, 5) is 0. The van der Waals surface area contributed by atoms with E-state index in [1.807, 2.05) is 23.8 Å². The number of rotatable bonds is 4. The average Bonchev–Trinajstić information content (AvgIpc) is 2.87. The maximum Gasteiger partial charge on any atom is 0.388 e. The third kappa shape index (κ3) is 3.87. The summed E-state index contributed by atoms with van der Waals surface area (Å²) >= 11 is 0. The first-order valence-electron chi connectivity index (χ1n) is 7.40. The number of hydrogen-bond donors (Lipinski definition) is 0. The molecule has 0 aromatic carbocycles. The summed E-state index contributed by atoms with van der Waals surface area (Å²) in [7, 11) is -2.09. The first kappa shape index (κ1) is 15.6. The van der Waals surface area contributed by atoms with E-state index in [1.54, 1.807) is 6.20 Å². The minimum absolute atomic E-state index is 0.245. The predicted molar refractivity (Wildman–Crippen MR) is 76.9 cm³/mol. The summed E-state index contributed by atoms with van der Waals surface area (Å²) in [6.07, 6.45) is 2.91. The topological polar surface area (TPSA) is 17.8 Å². The van der Waals surface area contributed by atoms with Gasteiger partial charge in [-0.1, -0.05) is 32.4 Å². The predicted octanol–water partition coefficient (Wildman–Crippen LogP) is 4.26. The lowest BCUT2D eigenvalue weighted by Crippen LogP contribution is -2.47. The van der Waals surface area contributed by atoms with Crippen molar-refractivity contribution >= 4 is 13.4 Å². The van der Waals surface area contributed by atoms with Crippen LogP contribution in [0.25, 0.3) is 0 Å². The highest BCUT2D eigenvalue weighted by Crippen LogP contribution is 2.29. The molecule has 1 fully saturated rings. The Morgan fingerprint density at radius 1 is 1.25 bits per heavy atom. The molecule has 1 aliphatic carbocycles. The van der Waals surface area contributed by atoms with Crippen molar-refractivity contribution in [1.82, 2.24) is 9.78 Å². The van der Waals surface area contributed by atoms with Crippen LogP contribution in [0.5, 0.6) is 0 Å². The van der Waals surface area contributed by atoms with Gasteiger partial charge in [0.2, 0.25) is 0 Å². The Bertz CT molecular complexity index is 434. The zero-order chi connectivity index (χ0) is 14.8. The largest absolute Gasteiger partial charge is 0.388 e. The van der Waals surface area contributed by atoms with Crippen molar-refractivity contribution in [2.75, 3.05) is 0 Å². The molecule has 0 bridgehead atoms. The zero-order valence-corrected chi connectivity index (χ0v) is 13.2. The van der Waals surface area contributed by atoms with Gasteiger partial charge in [-0.05, 0) is 25.0 Å². The second-order valence-corrected chi connectivity index (χ2v) is 11.2. The molecule has 0 unspecified atom stereocenters. The van der Waals surface area contributed by atoms with E-state index in [-0.39, 0.29) is 6.04 Å². The molecule has 0 spiro atoms. The molecule has 1 aliphatic rings. The van der Waals surface area contributed by atoms with Gasteiger partial charge in [-0.25, -0.2) is 0 Å². The highest BCUT2D eigenvalue weighted by Gasteiger charge is 2.35. The summed E-state index contributed by atoms with van der Waals surface area (Å²) in [6, 6.07) is 2.58. The summed E-state index contributed by atoms with van der Waals surface area (Å²) in [5.41, 5.74) is 0. The second kappa shape index (κ2) is 5.91. The van der Waals surface area contributed by atoms with E-state index in [0.717, 1.165) is 18.2 Å². The molecule has 1 saturated carbocycles. The van der Waals surface area contributed by atoms with Crippen LogP contribution in [0.3, 0.4) is 0 Å². The maximum atomic E-state index is 12.5. The van der Waals surface area contributed by atoms with Crippen LogP contribution in [-0.4, -0.2) is 24.0 Å². The van der Waals surface area contributed by atoms with Crippen molar-refractivity contribution in [3.05, 3.63) is 12.3 Å². The van der Waals surface area contributed by atoms with E-state index in [0.29, 0.717) is 6.04 Å². The Morgan fingerprint density at radius 3 is 2.50 bits per heavy atom. The van der Waals surface area contributed by atoms with E-state index in [4.69, 9.17) is 0 Å². The second-order valence-electron chi connectivity index (χ2n) is 6.45. The molecule has 0 N–H and O–H groups in total. The quantitative estimate of drug-likeness (QED) is 0.760. The van der Waals surface area contributed by atoms with Crippen LogP contribution in [0.1, 0.15) is 44.6 Å². The van der Waals surface area contributed by atoms with Crippen LogP contribution in [0, 0.1) is 0 Å². The van der Waals surface area contributed by atoms with E-state index in [9.17, 15) is 13.2 Å². The van der Waals surface area contributed by atoms with Crippen LogP contribution in [-0.2, 0) is 0 Å². The third-order valence-corrected chi connectivity index (χ3v) is 7.60. The molecule has 0 saturated heterocycles. The smallest absolute Gasteiger partial charge is 0.271 e. The van der Waals surface area contributed by atoms with E-state index in [2.05, 4.69) is 5.10 Å². The molecule has 1 aromatic heterocycles. The van der Waals surface area contributed by atoms with Crippen LogP contribution >= 0.6 is 0 Å². The molecule has 2 rings (SSSR count). The van der Waals surface area contributed by atoms with Crippen LogP contribution in [0.2, 0.25) is 19.1 Å². The van der Waals surface area contributed by atoms with Crippen molar-refractivity contribution in [3.63, 3.8) is 0 Å². The molecule has 2 nitrogen and oxygen atoms in total. The highest BCUT2D eigenvalue weighted by atomic mass is 28.3. The van der Waals surface area contributed by atoms with Crippen molar-refractivity contribution in [2.45, 2.75) is 69.9 Å². The lowest BCUT2D eigenvalue weighted by atomic mass is 9.96. The van der Waals surface area contributed by atoms with Crippen molar-refractivity contribution < 1.29 is 13.2 Å². The molecule has 20 heavy (non-hydrogen) atoms. The van der Waals surface area contributed by atoms with Gasteiger partial charge in [0.05, 0.1) is 6.04 Å². The van der Waals surface area contributed by atoms with Gasteiger partial charge in [-0.15, -0.1) is 0 Å². The highest BCUT2D eigenvalue weighted by molar-refractivity contribution is 6.89. The van der Waals surface area contributed by atoms with Gasteiger partial charge >= 0.3 is 6.18 Å². The number of alkyl halides is 3. The fraction of sp³-hybridized carbons (Fsp3) is 0.786. The van der Waals surface area contributed by atoms with Gasteiger partial charge in [-0.3, -0.25) is 4.68 Å². The Morgan fingerprint density at radius 2 is 1.90 bits per heavy atom. The Balaban J connectivity index is 2.13. The van der Waals surface area contributed by atoms with E-state index >= 15 is 0 Å². The minimum atomic E-state index is -4.06. The van der Waals surface area contributed by atoms with Crippen molar-refractivity contribution in [3.8, 4) is 0 Å². The number of aromatic nitrogens is 2. The third-order valence-electron chi connectivity index (χ3n) is 4.32. The molecule has 6 heteroatoms. The Kier molecular flexibility index (Phi) is 4.61. The lowest BCUT2D eigenvalue weighted by Gasteiger charge is -2.30. The molecule has 0 amide bonds. The summed E-state index contributed by atoms with van der Waals surface area (Å²) in [5, 5.41) is 5.50. The fourth-order valence-electron chi connectivity index (χ4n) is 3.05. The van der Waals surface area contributed by atoms with Crippen LogP contribution in [0.15, 0.2) is 12.3 Å². The number of halogens is 3. The van der Waals surface area contributed by atoms with E-state index in [1.165, 1.54) is 19.3 Å². The minimum Gasteiger partial charge on any atom is -0.271 e. The number of nitrogens with zero attached hydrogens (tertiary/aromatic N) is 2. The van der Waals surface area contributed by atoms with E-state index < -0.39 is 20.7 Å². The molecule has 0 atom stereocenters. The van der Waals surface area contributed by atoms with Gasteiger partial charge in [0, 0.05) is 17.9 Å². The SMILES string of the molecule is C[Si](C)(CCC(F)(F)F)c1ccnn1C1CCCCC1. The normalized spacial score (nSPS) is 18.4. The molecular formula is C14H23F3N2Si. The standard InChI is InChI=1S/C14H23F3N2Si/c1-20(2,11-9-14(15,16)17)13-8-10-18-19(13)12-6-4-3-5-7-12/h8,10,12H,3-7,9,11H2,1-2H3. The molecule has 1 aromatic rings. The zero-order valence-electron chi connectivity index (χ0n) is 12.2. The molecule has 0 radical (unpaired) electrons. The van der Waals surface area contributed by atoms with Crippen molar-refractivity contribution in [1.29, 1.82) is 0 Å². The lowest BCUT2D eigenvalue weighted by molar-refractivity contribution is -0.130. The molecule has 0 aliphatic heterocycles. The van der Waals surface area contributed by atoms with Gasteiger partial charge in [0.1, 0.15) is 8.07 Å². The Hall–Kier alpha value is -0.783. The summed E-state index contributed by atoms with van der Waals surface area (Å²) in [6.45, 7) is 4.05. The van der Waals surface area contributed by atoms with Crippen LogP contribution in [0.4, 0.5) is 13.2 Å². The average molecular weight is 304 g/mol. The first-order valence-corrected chi connectivity index (χ1v) is 10.6. The molecule has 1 heterocycles. The number of hydrogen-bond acceptors (Lipinski definition) is 1. The summed E-state index contributed by atoms with van der Waals surface area (Å²) in [5.74, 6) is 0. The molecular weight excluding hydrogens is 281 g/mol. The fourth-order valence-corrected chi connectivity index (χ4v) is 5.60. The summed E-state index contributed by atoms with van der Waals surface area (Å²) < 4.78 is 39.5.